The number of fused-ring (bicyclic) bond motifs is 13. The third-order valence-electron chi connectivity index (χ3n) is 11.8. The molecule has 1 unspecified atom stereocenters. The molecule has 10 aromatic carbocycles. The second-order valence-corrected chi connectivity index (χ2v) is 14.9. The lowest BCUT2D eigenvalue weighted by Crippen LogP contribution is -2.33. The van der Waals surface area contributed by atoms with E-state index in [0.29, 0.717) is 0 Å². The summed E-state index contributed by atoms with van der Waals surface area (Å²) < 4.78 is 2.45. The third-order valence-corrected chi connectivity index (χ3v) is 11.8. The van der Waals surface area contributed by atoms with Crippen molar-refractivity contribution >= 4 is 87.3 Å². The molecule has 1 aromatic heterocycles. The quantitative estimate of drug-likeness (QED) is 0.180. The van der Waals surface area contributed by atoms with Crippen molar-refractivity contribution in [3.05, 3.63) is 211 Å². The molecular weight excluding hydrogens is 693 g/mol. The molecule has 12 rings (SSSR count). The molecule has 57 heavy (non-hydrogen) atoms. The zero-order valence-electron chi connectivity index (χ0n) is 30.9. The van der Waals surface area contributed by atoms with E-state index in [9.17, 15) is 0 Å². The van der Waals surface area contributed by atoms with Gasteiger partial charge in [-0.05, 0) is 79.0 Å². The fourth-order valence-electron chi connectivity index (χ4n) is 9.32. The second kappa shape index (κ2) is 12.5. The van der Waals surface area contributed by atoms with E-state index >= 15 is 0 Å². The van der Waals surface area contributed by atoms with Gasteiger partial charge in [0.25, 0.3) is 0 Å². The van der Waals surface area contributed by atoms with Gasteiger partial charge in [-0.25, -0.2) is 9.98 Å². The molecule has 1 N–H and O–H groups in total. The SMILES string of the molecule is c1ccc(C2N=C(c3cc4ccccc4c4ccccc34)N=C(c3cc4c5ccccc5c5c(c6ccccc6n5-c5ccccc5)c4c4ccccc34)N2)cc1. The number of hydrogen-bond acceptors (Lipinski definition) is 3. The molecule has 0 amide bonds. The van der Waals surface area contributed by atoms with E-state index in [2.05, 4.69) is 204 Å². The summed E-state index contributed by atoms with van der Waals surface area (Å²) in [5.41, 5.74) is 6.71. The second-order valence-electron chi connectivity index (χ2n) is 14.9. The number of para-hydroxylation sites is 2. The van der Waals surface area contributed by atoms with Crippen LogP contribution in [0.15, 0.2) is 204 Å². The summed E-state index contributed by atoms with van der Waals surface area (Å²) in [6.07, 6.45) is -0.337. The molecule has 0 bridgehead atoms. The van der Waals surface area contributed by atoms with Gasteiger partial charge >= 0.3 is 0 Å². The van der Waals surface area contributed by atoms with Crippen molar-refractivity contribution in [1.82, 2.24) is 9.88 Å². The van der Waals surface area contributed by atoms with Crippen LogP contribution in [-0.2, 0) is 0 Å². The zero-order valence-corrected chi connectivity index (χ0v) is 30.9. The van der Waals surface area contributed by atoms with Gasteiger partial charge in [-0.15, -0.1) is 0 Å². The maximum absolute atomic E-state index is 5.50. The van der Waals surface area contributed by atoms with Gasteiger partial charge in [-0.2, -0.15) is 0 Å². The molecule has 0 radical (unpaired) electrons. The van der Waals surface area contributed by atoms with Crippen LogP contribution in [0, 0.1) is 0 Å². The average Bonchev–Trinajstić information content (AvgIpc) is 3.64. The normalized spacial score (nSPS) is 14.5. The van der Waals surface area contributed by atoms with E-state index in [-0.39, 0.29) is 6.17 Å². The minimum absolute atomic E-state index is 0.337. The van der Waals surface area contributed by atoms with Crippen LogP contribution in [0.2, 0.25) is 0 Å². The summed E-state index contributed by atoms with van der Waals surface area (Å²) in [4.78, 5) is 10.9. The molecule has 1 atom stereocenters. The predicted molar refractivity (Wildman–Crippen MR) is 240 cm³/mol. The van der Waals surface area contributed by atoms with Crippen LogP contribution in [0.5, 0.6) is 0 Å². The lowest BCUT2D eigenvalue weighted by atomic mass is 9.90. The van der Waals surface area contributed by atoms with Crippen molar-refractivity contribution in [3.63, 3.8) is 0 Å². The number of aromatic nitrogens is 1. The van der Waals surface area contributed by atoms with Crippen LogP contribution in [0.3, 0.4) is 0 Å². The molecule has 1 aliphatic rings. The number of nitrogens with zero attached hydrogens (tertiary/aromatic N) is 3. The molecule has 4 nitrogen and oxygen atoms in total. The highest BCUT2D eigenvalue weighted by Gasteiger charge is 2.26. The number of amidine groups is 2. The Kier molecular flexibility index (Phi) is 6.96. The summed E-state index contributed by atoms with van der Waals surface area (Å²) in [5.74, 6) is 1.52. The first kappa shape index (κ1) is 31.8. The number of hydrogen-bond donors (Lipinski definition) is 1. The molecule has 0 saturated carbocycles. The number of nitrogens with one attached hydrogen (secondary N) is 1. The first-order valence-corrected chi connectivity index (χ1v) is 19.5. The first-order chi connectivity index (χ1) is 28.3. The smallest absolute Gasteiger partial charge is 0.160 e. The van der Waals surface area contributed by atoms with Gasteiger partial charge in [-0.1, -0.05) is 164 Å². The van der Waals surface area contributed by atoms with Crippen molar-refractivity contribution in [2.75, 3.05) is 0 Å². The van der Waals surface area contributed by atoms with Crippen molar-refractivity contribution in [2.24, 2.45) is 9.98 Å². The monoisotopic (exact) mass is 726 g/mol. The molecule has 4 heteroatoms. The minimum Gasteiger partial charge on any atom is -0.344 e. The highest BCUT2D eigenvalue weighted by atomic mass is 15.2. The van der Waals surface area contributed by atoms with Crippen molar-refractivity contribution < 1.29 is 0 Å². The fourth-order valence-corrected chi connectivity index (χ4v) is 9.32. The maximum atomic E-state index is 5.50. The van der Waals surface area contributed by atoms with Crippen molar-refractivity contribution in [3.8, 4) is 5.69 Å². The Morgan fingerprint density at radius 1 is 0.421 bits per heavy atom. The molecule has 11 aromatic rings. The molecular formula is C53H34N4. The van der Waals surface area contributed by atoms with Crippen LogP contribution in [0.4, 0.5) is 0 Å². The van der Waals surface area contributed by atoms with E-state index in [1.807, 2.05) is 0 Å². The van der Waals surface area contributed by atoms with Gasteiger partial charge in [0.15, 0.2) is 5.84 Å². The molecule has 0 aliphatic carbocycles. The summed E-state index contributed by atoms with van der Waals surface area (Å²) in [7, 11) is 0. The van der Waals surface area contributed by atoms with Crippen LogP contribution in [0.25, 0.3) is 81.4 Å². The standard InChI is InChI=1S/C53H34N4/c1-3-17-33(18-4-1)51-54-52(45-31-34-19-7-8-22-36(34)37-23-9-10-24-38(37)45)56-53(55-51)46-32-44-40-26-12-14-28-42(40)50-49(48(44)41-27-13-11-25-39(41)46)43-29-15-16-30-47(43)57(50)35-20-5-2-6-21-35/h1-32,51H,(H,54,55,56). The lowest BCUT2D eigenvalue weighted by molar-refractivity contribution is 0.675. The summed E-state index contributed by atoms with van der Waals surface area (Å²) in [6, 6.07) is 69.7. The summed E-state index contributed by atoms with van der Waals surface area (Å²) in [6.45, 7) is 0. The Bertz CT molecular complexity index is 3490. The van der Waals surface area contributed by atoms with Gasteiger partial charge < -0.3 is 9.88 Å². The highest BCUT2D eigenvalue weighted by molar-refractivity contribution is 6.38. The molecule has 266 valence electrons. The Morgan fingerprint density at radius 2 is 0.982 bits per heavy atom. The third kappa shape index (κ3) is 4.81. The molecule has 0 saturated heterocycles. The Morgan fingerprint density at radius 3 is 1.74 bits per heavy atom. The predicted octanol–water partition coefficient (Wildman–Crippen LogP) is 13.0. The van der Waals surface area contributed by atoms with Crippen LogP contribution < -0.4 is 5.32 Å². The molecule has 1 aliphatic heterocycles. The van der Waals surface area contributed by atoms with Gasteiger partial charge in [0.1, 0.15) is 12.0 Å². The van der Waals surface area contributed by atoms with Gasteiger partial charge in [0.2, 0.25) is 0 Å². The van der Waals surface area contributed by atoms with Crippen molar-refractivity contribution in [1.29, 1.82) is 0 Å². The van der Waals surface area contributed by atoms with Gasteiger partial charge in [-0.3, -0.25) is 0 Å². The van der Waals surface area contributed by atoms with Gasteiger partial charge in [0, 0.05) is 38.4 Å². The Balaban J connectivity index is 1.19. The molecule has 0 fully saturated rings. The molecule has 0 spiro atoms. The lowest BCUT2D eigenvalue weighted by Gasteiger charge is -2.25. The van der Waals surface area contributed by atoms with Crippen LogP contribution in [0.1, 0.15) is 22.9 Å². The average molecular weight is 727 g/mol. The van der Waals surface area contributed by atoms with Crippen molar-refractivity contribution in [2.45, 2.75) is 6.17 Å². The maximum Gasteiger partial charge on any atom is 0.160 e. The number of benzene rings is 10. The summed E-state index contributed by atoms with van der Waals surface area (Å²) >= 11 is 0. The van der Waals surface area contributed by atoms with Crippen LogP contribution >= 0.6 is 0 Å². The minimum atomic E-state index is -0.337. The van der Waals surface area contributed by atoms with Gasteiger partial charge in [0.05, 0.1) is 11.0 Å². The Labute approximate surface area is 328 Å². The van der Waals surface area contributed by atoms with Crippen LogP contribution in [-0.4, -0.2) is 16.2 Å². The van der Waals surface area contributed by atoms with E-state index in [1.165, 1.54) is 64.9 Å². The fraction of sp³-hybridized carbons (Fsp3) is 0.0189. The largest absolute Gasteiger partial charge is 0.344 e. The number of aliphatic imine (C=N–C) groups is 2. The van der Waals surface area contributed by atoms with E-state index in [4.69, 9.17) is 9.98 Å². The zero-order chi connectivity index (χ0) is 37.5. The first-order valence-electron chi connectivity index (χ1n) is 19.5. The van der Waals surface area contributed by atoms with E-state index < -0.39 is 0 Å². The molecule has 2 heterocycles. The highest BCUT2D eigenvalue weighted by Crippen LogP contribution is 2.46. The Hall–Kier alpha value is -7.56. The van der Waals surface area contributed by atoms with E-state index in [0.717, 1.165) is 44.8 Å². The topological polar surface area (TPSA) is 41.7 Å². The summed E-state index contributed by atoms with van der Waals surface area (Å²) in [5, 5.41) is 18.2. The van der Waals surface area contributed by atoms with E-state index in [1.54, 1.807) is 0 Å². The number of rotatable bonds is 4.